The zero-order valence-corrected chi connectivity index (χ0v) is 18.8. The number of amides is 2. The van der Waals surface area contributed by atoms with Crippen LogP contribution in [0.4, 0.5) is 14.9 Å². The van der Waals surface area contributed by atoms with E-state index >= 15 is 0 Å². The van der Waals surface area contributed by atoms with Gasteiger partial charge in [0.25, 0.3) is 0 Å². The molecule has 1 aromatic heterocycles. The van der Waals surface area contributed by atoms with E-state index in [1.54, 1.807) is 61.8 Å². The Bertz CT molecular complexity index is 1360. The quantitative estimate of drug-likeness (QED) is 0.395. The molecule has 1 aliphatic heterocycles. The molecular weight excluding hydrogens is 453 g/mol. The van der Waals surface area contributed by atoms with Crippen molar-refractivity contribution in [3.8, 4) is 28.7 Å². The zero-order chi connectivity index (χ0) is 24.2. The molecule has 0 spiro atoms. The molecule has 178 valence electrons. The van der Waals surface area contributed by atoms with E-state index in [0.717, 1.165) is 5.56 Å². The second-order valence-electron chi connectivity index (χ2n) is 7.70. The number of anilines is 1. The van der Waals surface area contributed by atoms with Crippen molar-refractivity contribution in [2.75, 3.05) is 25.6 Å². The summed E-state index contributed by atoms with van der Waals surface area (Å²) in [5.41, 5.74) is 2.04. The zero-order valence-electron chi connectivity index (χ0n) is 18.8. The van der Waals surface area contributed by atoms with Gasteiger partial charge in [-0.1, -0.05) is 12.1 Å². The number of hydrogen-bond donors (Lipinski definition) is 2. The fourth-order valence-corrected chi connectivity index (χ4v) is 3.70. The third-order valence-electron chi connectivity index (χ3n) is 5.37. The van der Waals surface area contributed by atoms with E-state index in [0.29, 0.717) is 58.6 Å². The summed E-state index contributed by atoms with van der Waals surface area (Å²) in [4.78, 5) is 16.6. The summed E-state index contributed by atoms with van der Waals surface area (Å²) in [6, 6.07) is 16.1. The van der Waals surface area contributed by atoms with Gasteiger partial charge >= 0.3 is 6.03 Å². The Morgan fingerprint density at radius 2 is 1.74 bits per heavy atom. The van der Waals surface area contributed by atoms with Gasteiger partial charge < -0.3 is 29.6 Å². The Morgan fingerprint density at radius 1 is 1.00 bits per heavy atom. The highest BCUT2D eigenvalue weighted by molar-refractivity contribution is 5.95. The van der Waals surface area contributed by atoms with Crippen molar-refractivity contribution in [2.24, 2.45) is 0 Å². The number of hydrogen-bond acceptors (Lipinski definition) is 6. The highest BCUT2D eigenvalue weighted by atomic mass is 19.1. The van der Waals surface area contributed by atoms with Gasteiger partial charge in [-0.3, -0.25) is 4.98 Å². The maximum absolute atomic E-state index is 13.0. The minimum absolute atomic E-state index is 0.281. The number of nitrogens with one attached hydrogen (secondary N) is 2. The first-order valence-corrected chi connectivity index (χ1v) is 10.9. The van der Waals surface area contributed by atoms with E-state index in [1.807, 2.05) is 0 Å². The normalized spacial score (nSPS) is 12.2. The summed E-state index contributed by atoms with van der Waals surface area (Å²) in [5.74, 6) is 2.40. The standard InChI is InChI=1S/C26H22FN3O5/c1-32-22-14-20-23(25-24(22)33-12-13-34-25)21(10-11-28-20)35-19-8-6-18(7-9-19)30-26(31)29-15-16-2-4-17(27)5-3-16/h2-11,14H,12-13,15H2,1H3,(H2,29,30,31). The number of carbonyl (C=O) groups excluding carboxylic acids is 1. The SMILES string of the molecule is COc1cc2nccc(Oc3ccc(NC(=O)NCc4ccc(F)cc4)cc3)c2c2c1OCCO2. The minimum Gasteiger partial charge on any atom is -0.493 e. The van der Waals surface area contributed by atoms with Crippen molar-refractivity contribution in [2.45, 2.75) is 6.54 Å². The van der Waals surface area contributed by atoms with Crippen LogP contribution in [0.25, 0.3) is 10.9 Å². The van der Waals surface area contributed by atoms with Crippen molar-refractivity contribution in [1.82, 2.24) is 10.3 Å². The average molecular weight is 475 g/mol. The monoisotopic (exact) mass is 475 g/mol. The van der Waals surface area contributed by atoms with Gasteiger partial charge in [0, 0.05) is 24.5 Å². The fraction of sp³-hybridized carbons (Fsp3) is 0.154. The highest BCUT2D eigenvalue weighted by Crippen LogP contribution is 2.48. The smallest absolute Gasteiger partial charge is 0.319 e. The lowest BCUT2D eigenvalue weighted by Gasteiger charge is -2.23. The van der Waals surface area contributed by atoms with Crippen molar-refractivity contribution in [3.05, 3.63) is 78.2 Å². The third kappa shape index (κ3) is 4.89. The Hall–Kier alpha value is -4.53. The summed E-state index contributed by atoms with van der Waals surface area (Å²) >= 11 is 0. The topological polar surface area (TPSA) is 90.9 Å². The predicted octanol–water partition coefficient (Wildman–Crippen LogP) is 5.27. The Labute approximate surface area is 200 Å². The molecule has 0 saturated carbocycles. The van der Waals surface area contributed by atoms with Gasteiger partial charge in [-0.25, -0.2) is 9.18 Å². The summed E-state index contributed by atoms with van der Waals surface area (Å²) in [7, 11) is 1.57. The number of carbonyl (C=O) groups is 1. The number of nitrogens with zero attached hydrogens (tertiary/aromatic N) is 1. The van der Waals surface area contributed by atoms with Gasteiger partial charge in [-0.15, -0.1) is 0 Å². The van der Waals surface area contributed by atoms with Crippen LogP contribution in [-0.4, -0.2) is 31.3 Å². The number of urea groups is 1. The first-order chi connectivity index (χ1) is 17.1. The lowest BCUT2D eigenvalue weighted by atomic mass is 10.1. The average Bonchev–Trinajstić information content (AvgIpc) is 2.89. The summed E-state index contributed by atoms with van der Waals surface area (Å²) in [5, 5.41) is 6.18. The second-order valence-corrected chi connectivity index (χ2v) is 7.70. The maximum atomic E-state index is 13.0. The lowest BCUT2D eigenvalue weighted by molar-refractivity contribution is 0.167. The van der Waals surface area contributed by atoms with Crippen molar-refractivity contribution < 1.29 is 28.1 Å². The Morgan fingerprint density at radius 3 is 2.49 bits per heavy atom. The fourth-order valence-electron chi connectivity index (χ4n) is 3.70. The van der Waals surface area contributed by atoms with Crippen LogP contribution in [0.2, 0.25) is 0 Å². The molecular formula is C26H22FN3O5. The van der Waals surface area contributed by atoms with Crippen molar-refractivity contribution in [1.29, 1.82) is 0 Å². The van der Waals surface area contributed by atoms with Gasteiger partial charge in [0.1, 0.15) is 30.5 Å². The summed E-state index contributed by atoms with van der Waals surface area (Å²) < 4.78 is 36.2. The van der Waals surface area contributed by atoms with E-state index in [2.05, 4.69) is 15.6 Å². The van der Waals surface area contributed by atoms with E-state index in [4.69, 9.17) is 18.9 Å². The maximum Gasteiger partial charge on any atom is 0.319 e. The van der Waals surface area contributed by atoms with Crippen LogP contribution in [0.1, 0.15) is 5.56 Å². The summed E-state index contributed by atoms with van der Waals surface area (Å²) in [6.07, 6.45) is 1.65. The van der Waals surface area contributed by atoms with Crippen molar-refractivity contribution in [3.63, 3.8) is 0 Å². The molecule has 5 rings (SSSR count). The molecule has 3 aromatic carbocycles. The molecule has 8 nitrogen and oxygen atoms in total. The van der Waals surface area contributed by atoms with E-state index in [-0.39, 0.29) is 18.4 Å². The van der Waals surface area contributed by atoms with Gasteiger partial charge in [0.05, 0.1) is 18.0 Å². The summed E-state index contributed by atoms with van der Waals surface area (Å²) in [6.45, 7) is 1.12. The molecule has 0 bridgehead atoms. The molecule has 2 N–H and O–H groups in total. The molecule has 0 unspecified atom stereocenters. The van der Waals surface area contributed by atoms with Gasteiger partial charge in [-0.05, 0) is 48.0 Å². The molecule has 4 aromatic rings. The molecule has 0 aliphatic carbocycles. The van der Waals surface area contributed by atoms with E-state index < -0.39 is 0 Å². The van der Waals surface area contributed by atoms with Crippen LogP contribution in [0, 0.1) is 5.82 Å². The number of pyridine rings is 1. The highest BCUT2D eigenvalue weighted by Gasteiger charge is 2.24. The second kappa shape index (κ2) is 9.76. The largest absolute Gasteiger partial charge is 0.493 e. The Balaban J connectivity index is 1.29. The number of fused-ring (bicyclic) bond motifs is 3. The van der Waals surface area contributed by atoms with Crippen molar-refractivity contribution >= 4 is 22.6 Å². The van der Waals surface area contributed by atoms with Crippen LogP contribution in [0.15, 0.2) is 66.9 Å². The Kier molecular flexibility index (Phi) is 6.21. The van der Waals surface area contributed by atoms with Gasteiger partial charge in [-0.2, -0.15) is 0 Å². The molecule has 0 atom stereocenters. The lowest BCUT2D eigenvalue weighted by Crippen LogP contribution is -2.28. The van der Waals surface area contributed by atoms with E-state index in [9.17, 15) is 9.18 Å². The minimum atomic E-state index is -0.374. The number of methoxy groups -OCH3 is 1. The molecule has 1 aliphatic rings. The molecule has 2 heterocycles. The number of ether oxygens (including phenoxy) is 4. The number of aromatic nitrogens is 1. The molecule has 0 fully saturated rings. The number of rotatable bonds is 6. The van der Waals surface area contributed by atoms with Crippen LogP contribution in [0.3, 0.4) is 0 Å². The van der Waals surface area contributed by atoms with Crippen LogP contribution < -0.4 is 29.6 Å². The molecule has 9 heteroatoms. The van der Waals surface area contributed by atoms with Gasteiger partial charge in [0.2, 0.25) is 5.75 Å². The van der Waals surface area contributed by atoms with Crippen LogP contribution in [-0.2, 0) is 6.54 Å². The van der Waals surface area contributed by atoms with E-state index in [1.165, 1.54) is 12.1 Å². The third-order valence-corrected chi connectivity index (χ3v) is 5.37. The molecule has 0 saturated heterocycles. The van der Waals surface area contributed by atoms with Crippen LogP contribution in [0.5, 0.6) is 28.7 Å². The first kappa shape index (κ1) is 22.3. The molecule has 2 amide bonds. The predicted molar refractivity (Wildman–Crippen MR) is 128 cm³/mol. The first-order valence-electron chi connectivity index (χ1n) is 10.9. The molecule has 0 radical (unpaired) electrons. The van der Waals surface area contributed by atoms with Crippen LogP contribution >= 0.6 is 0 Å². The molecule has 35 heavy (non-hydrogen) atoms. The van der Waals surface area contributed by atoms with Gasteiger partial charge in [0.15, 0.2) is 11.5 Å². The number of halogens is 1. The number of benzene rings is 3.